The van der Waals surface area contributed by atoms with Crippen LogP contribution in [0.1, 0.15) is 44.9 Å². The van der Waals surface area contributed by atoms with Gasteiger partial charge in [0.1, 0.15) is 0 Å². The molecule has 0 amide bonds. The standard InChI is InChI=1S/C14H28N2O/c1-15-9-8-13-6-2-4-10-16(13)12-14-7-3-5-11-17-14/h13-15H,2-12H2,1H3. The predicted molar refractivity (Wildman–Crippen MR) is 71.3 cm³/mol. The van der Waals surface area contributed by atoms with E-state index in [1.165, 1.54) is 58.0 Å². The van der Waals surface area contributed by atoms with E-state index in [0.717, 1.165) is 19.2 Å². The minimum absolute atomic E-state index is 0.513. The van der Waals surface area contributed by atoms with Crippen LogP contribution in [0.3, 0.4) is 0 Å². The molecule has 0 aromatic carbocycles. The molecule has 3 nitrogen and oxygen atoms in total. The molecule has 2 aliphatic heterocycles. The number of nitrogens with one attached hydrogen (secondary N) is 1. The summed E-state index contributed by atoms with van der Waals surface area (Å²) in [5.41, 5.74) is 0. The SMILES string of the molecule is CNCCC1CCCCN1CC1CCCCO1. The van der Waals surface area contributed by atoms with Crippen LogP contribution in [0.5, 0.6) is 0 Å². The second-order valence-corrected chi connectivity index (χ2v) is 5.53. The van der Waals surface area contributed by atoms with Gasteiger partial charge in [-0.15, -0.1) is 0 Å². The first kappa shape index (κ1) is 13.3. The highest BCUT2D eigenvalue weighted by atomic mass is 16.5. The molecule has 17 heavy (non-hydrogen) atoms. The second-order valence-electron chi connectivity index (χ2n) is 5.53. The lowest BCUT2D eigenvalue weighted by Gasteiger charge is -2.38. The molecule has 0 aliphatic carbocycles. The summed E-state index contributed by atoms with van der Waals surface area (Å²) in [4.78, 5) is 2.69. The Hall–Kier alpha value is -0.120. The fraction of sp³-hybridized carbons (Fsp3) is 1.00. The molecule has 2 rings (SSSR count). The maximum absolute atomic E-state index is 5.88. The fourth-order valence-corrected chi connectivity index (χ4v) is 3.15. The number of nitrogens with zero attached hydrogens (tertiary/aromatic N) is 1. The Labute approximate surface area is 106 Å². The zero-order valence-corrected chi connectivity index (χ0v) is 11.3. The Kier molecular flexibility index (Phi) is 5.75. The minimum Gasteiger partial charge on any atom is -0.377 e. The molecule has 2 atom stereocenters. The third-order valence-electron chi connectivity index (χ3n) is 4.19. The van der Waals surface area contributed by atoms with E-state index in [1.807, 2.05) is 0 Å². The van der Waals surface area contributed by atoms with E-state index in [4.69, 9.17) is 4.74 Å². The molecule has 2 heterocycles. The Morgan fingerprint density at radius 3 is 2.82 bits per heavy atom. The lowest BCUT2D eigenvalue weighted by molar-refractivity contribution is -0.0201. The van der Waals surface area contributed by atoms with Crippen molar-refractivity contribution in [3.05, 3.63) is 0 Å². The van der Waals surface area contributed by atoms with Crippen molar-refractivity contribution in [2.45, 2.75) is 57.1 Å². The summed E-state index contributed by atoms with van der Waals surface area (Å²) in [7, 11) is 2.05. The molecule has 3 heteroatoms. The van der Waals surface area contributed by atoms with E-state index >= 15 is 0 Å². The van der Waals surface area contributed by atoms with E-state index in [-0.39, 0.29) is 0 Å². The highest BCUT2D eigenvalue weighted by Crippen LogP contribution is 2.22. The number of ether oxygens (including phenoxy) is 1. The topological polar surface area (TPSA) is 24.5 Å². The van der Waals surface area contributed by atoms with Gasteiger partial charge in [0.05, 0.1) is 6.10 Å². The maximum Gasteiger partial charge on any atom is 0.0702 e. The van der Waals surface area contributed by atoms with Crippen LogP contribution in [0.4, 0.5) is 0 Å². The molecular formula is C14H28N2O. The highest BCUT2D eigenvalue weighted by molar-refractivity contribution is 4.80. The van der Waals surface area contributed by atoms with Crippen LogP contribution < -0.4 is 5.32 Å². The van der Waals surface area contributed by atoms with Gasteiger partial charge in [-0.3, -0.25) is 4.90 Å². The lowest BCUT2D eigenvalue weighted by Crippen LogP contribution is -2.45. The summed E-state index contributed by atoms with van der Waals surface area (Å²) in [6.45, 7) is 4.59. The van der Waals surface area contributed by atoms with Crippen LogP contribution in [0.25, 0.3) is 0 Å². The minimum atomic E-state index is 0.513. The Bertz CT molecular complexity index is 204. The summed E-state index contributed by atoms with van der Waals surface area (Å²) < 4.78 is 5.88. The van der Waals surface area contributed by atoms with Gasteiger partial charge in [-0.2, -0.15) is 0 Å². The molecule has 1 N–H and O–H groups in total. The van der Waals surface area contributed by atoms with Gasteiger partial charge in [0.15, 0.2) is 0 Å². The van der Waals surface area contributed by atoms with Crippen LogP contribution in [0.2, 0.25) is 0 Å². The zero-order chi connectivity index (χ0) is 11.9. The van der Waals surface area contributed by atoms with Crippen molar-refractivity contribution in [1.82, 2.24) is 10.2 Å². The average molecular weight is 240 g/mol. The molecule has 2 unspecified atom stereocenters. The molecular weight excluding hydrogens is 212 g/mol. The molecule has 0 aromatic rings. The fourth-order valence-electron chi connectivity index (χ4n) is 3.15. The largest absolute Gasteiger partial charge is 0.377 e. The predicted octanol–water partition coefficient (Wildman–Crippen LogP) is 2.02. The summed E-state index contributed by atoms with van der Waals surface area (Å²) in [5.74, 6) is 0. The molecule has 0 bridgehead atoms. The maximum atomic E-state index is 5.88. The normalized spacial score (nSPS) is 31.6. The van der Waals surface area contributed by atoms with Gasteiger partial charge in [-0.05, 0) is 58.7 Å². The van der Waals surface area contributed by atoms with Crippen LogP contribution in [-0.2, 0) is 4.74 Å². The quantitative estimate of drug-likeness (QED) is 0.795. The first-order valence-electron chi connectivity index (χ1n) is 7.40. The van der Waals surface area contributed by atoms with E-state index in [0.29, 0.717) is 6.10 Å². The first-order valence-corrected chi connectivity index (χ1v) is 7.40. The van der Waals surface area contributed by atoms with Crippen LogP contribution >= 0.6 is 0 Å². The van der Waals surface area contributed by atoms with Gasteiger partial charge in [0.25, 0.3) is 0 Å². The van der Waals surface area contributed by atoms with Crippen molar-refractivity contribution >= 4 is 0 Å². The van der Waals surface area contributed by atoms with Gasteiger partial charge in [-0.25, -0.2) is 0 Å². The van der Waals surface area contributed by atoms with Gasteiger partial charge in [0.2, 0.25) is 0 Å². The smallest absolute Gasteiger partial charge is 0.0702 e. The number of piperidine rings is 1. The molecule has 2 fully saturated rings. The number of likely N-dealkylation sites (tertiary alicyclic amines) is 1. The Morgan fingerprint density at radius 1 is 1.18 bits per heavy atom. The number of hydrogen-bond donors (Lipinski definition) is 1. The monoisotopic (exact) mass is 240 g/mol. The molecule has 0 aromatic heterocycles. The van der Waals surface area contributed by atoms with E-state index in [2.05, 4.69) is 17.3 Å². The van der Waals surface area contributed by atoms with Crippen molar-refractivity contribution in [2.24, 2.45) is 0 Å². The zero-order valence-electron chi connectivity index (χ0n) is 11.3. The molecule has 0 saturated carbocycles. The molecule has 2 saturated heterocycles. The number of hydrogen-bond acceptors (Lipinski definition) is 3. The summed E-state index contributed by atoms with van der Waals surface area (Å²) >= 11 is 0. The molecule has 100 valence electrons. The number of rotatable bonds is 5. The third kappa shape index (κ3) is 4.23. The van der Waals surface area contributed by atoms with Crippen LogP contribution in [-0.4, -0.2) is 50.3 Å². The van der Waals surface area contributed by atoms with Gasteiger partial charge in [0, 0.05) is 19.2 Å². The summed E-state index contributed by atoms with van der Waals surface area (Å²) in [6, 6.07) is 0.793. The van der Waals surface area contributed by atoms with Gasteiger partial charge < -0.3 is 10.1 Å². The molecule has 2 aliphatic rings. The van der Waals surface area contributed by atoms with Gasteiger partial charge >= 0.3 is 0 Å². The van der Waals surface area contributed by atoms with E-state index < -0.39 is 0 Å². The molecule has 0 spiro atoms. The summed E-state index contributed by atoms with van der Waals surface area (Å²) in [6.07, 6.45) is 9.88. The molecule has 0 radical (unpaired) electrons. The van der Waals surface area contributed by atoms with Crippen LogP contribution in [0, 0.1) is 0 Å². The lowest BCUT2D eigenvalue weighted by atomic mass is 9.98. The third-order valence-corrected chi connectivity index (χ3v) is 4.19. The van der Waals surface area contributed by atoms with Crippen molar-refractivity contribution in [2.75, 3.05) is 33.3 Å². The van der Waals surface area contributed by atoms with Crippen molar-refractivity contribution in [3.63, 3.8) is 0 Å². The van der Waals surface area contributed by atoms with Gasteiger partial charge in [-0.1, -0.05) is 6.42 Å². The average Bonchev–Trinajstić information content (AvgIpc) is 2.39. The van der Waals surface area contributed by atoms with Crippen LogP contribution in [0.15, 0.2) is 0 Å². The van der Waals surface area contributed by atoms with E-state index in [1.54, 1.807) is 0 Å². The first-order chi connectivity index (χ1) is 8.40. The van der Waals surface area contributed by atoms with Crippen molar-refractivity contribution < 1.29 is 4.74 Å². The van der Waals surface area contributed by atoms with E-state index in [9.17, 15) is 0 Å². The van der Waals surface area contributed by atoms with Crippen molar-refractivity contribution in [3.8, 4) is 0 Å². The van der Waals surface area contributed by atoms with Crippen molar-refractivity contribution in [1.29, 1.82) is 0 Å². The Morgan fingerprint density at radius 2 is 2.06 bits per heavy atom. The highest BCUT2D eigenvalue weighted by Gasteiger charge is 2.25. The second kappa shape index (κ2) is 7.34. The Balaban J connectivity index is 1.78. The summed E-state index contributed by atoms with van der Waals surface area (Å²) in [5, 5.41) is 3.28.